The normalized spacial score (nSPS) is 12.6. The van der Waals surface area contributed by atoms with Crippen LogP contribution in [0.25, 0.3) is 0 Å². The van der Waals surface area contributed by atoms with E-state index in [-0.39, 0.29) is 0 Å². The summed E-state index contributed by atoms with van der Waals surface area (Å²) in [5, 5.41) is 2.94. The molecule has 0 spiro atoms. The number of aromatic nitrogens is 1. The van der Waals surface area contributed by atoms with Gasteiger partial charge in [0.15, 0.2) is 0 Å². The summed E-state index contributed by atoms with van der Waals surface area (Å²) in [7, 11) is 0. The Labute approximate surface area is 107 Å². The van der Waals surface area contributed by atoms with Gasteiger partial charge < -0.3 is 5.73 Å². The molecule has 0 saturated carbocycles. The number of rotatable bonds is 8. The van der Waals surface area contributed by atoms with E-state index >= 15 is 0 Å². The number of nitrogens with two attached hydrogens (primary N) is 1. The second-order valence-electron chi connectivity index (χ2n) is 4.49. The lowest BCUT2D eigenvalue weighted by Gasteiger charge is -2.12. The summed E-state index contributed by atoms with van der Waals surface area (Å²) in [6, 6.07) is 0. The average molecular weight is 254 g/mol. The van der Waals surface area contributed by atoms with Gasteiger partial charge in [0.25, 0.3) is 0 Å². The van der Waals surface area contributed by atoms with Crippen molar-refractivity contribution in [3.8, 4) is 0 Å². The fourth-order valence-corrected chi connectivity index (χ4v) is 2.69. The van der Waals surface area contributed by atoms with E-state index in [1.807, 2.05) is 12.3 Å². The van der Waals surface area contributed by atoms with Gasteiger partial charge in [0.05, 0.1) is 6.42 Å². The first-order valence-corrected chi connectivity index (χ1v) is 7.16. The van der Waals surface area contributed by atoms with E-state index in [1.165, 1.54) is 0 Å². The van der Waals surface area contributed by atoms with Crippen LogP contribution in [0.3, 0.4) is 0 Å². The molecule has 0 saturated heterocycles. The van der Waals surface area contributed by atoms with Crippen LogP contribution in [-0.2, 0) is 11.2 Å². The highest BCUT2D eigenvalue weighted by atomic mass is 32.1. The summed E-state index contributed by atoms with van der Waals surface area (Å²) in [5.74, 6) is 0.900. The lowest BCUT2D eigenvalue weighted by molar-refractivity contribution is -0.118. The molecule has 0 radical (unpaired) electrons. The van der Waals surface area contributed by atoms with E-state index in [9.17, 15) is 4.79 Å². The van der Waals surface area contributed by atoms with Crippen LogP contribution in [0.1, 0.15) is 43.3 Å². The molecule has 0 aromatic carbocycles. The quantitative estimate of drug-likeness (QED) is 0.776. The van der Waals surface area contributed by atoms with Gasteiger partial charge in [0.1, 0.15) is 10.8 Å². The maximum Gasteiger partial charge on any atom is 0.139 e. The number of nitrogens with zero attached hydrogens (tertiary/aromatic N) is 1. The molecule has 3 nitrogen and oxygen atoms in total. The van der Waals surface area contributed by atoms with Crippen molar-refractivity contribution in [3.63, 3.8) is 0 Å². The highest BCUT2D eigenvalue weighted by Crippen LogP contribution is 2.16. The molecule has 0 aliphatic heterocycles. The Kier molecular flexibility index (Phi) is 6.37. The van der Waals surface area contributed by atoms with Gasteiger partial charge in [0.2, 0.25) is 0 Å². The van der Waals surface area contributed by atoms with Crippen molar-refractivity contribution >= 4 is 17.1 Å². The molecule has 1 atom stereocenters. The molecule has 1 rings (SSSR count). The number of aryl methyl sites for hydroxylation is 1. The lowest BCUT2D eigenvalue weighted by Crippen LogP contribution is -2.11. The van der Waals surface area contributed by atoms with E-state index in [4.69, 9.17) is 5.73 Å². The molecule has 1 aromatic heterocycles. The highest BCUT2D eigenvalue weighted by molar-refractivity contribution is 7.09. The number of thiazole rings is 1. The van der Waals surface area contributed by atoms with E-state index in [1.54, 1.807) is 11.3 Å². The molecule has 17 heavy (non-hydrogen) atoms. The summed E-state index contributed by atoms with van der Waals surface area (Å²) in [6.07, 6.45) is 4.27. The molecule has 2 N–H and O–H groups in total. The molecule has 0 bridgehead atoms. The van der Waals surface area contributed by atoms with Crippen LogP contribution in [0, 0.1) is 12.8 Å². The number of Topliss-reactive ketones (excluding diaryl/α,β-unsaturated/α-hetero) is 1. The van der Waals surface area contributed by atoms with Crippen LogP contribution in [0.2, 0.25) is 0 Å². The minimum Gasteiger partial charge on any atom is -0.330 e. The number of hydrogen-bond donors (Lipinski definition) is 1. The van der Waals surface area contributed by atoms with Crippen molar-refractivity contribution in [1.82, 2.24) is 4.98 Å². The first kappa shape index (κ1) is 14.3. The Bertz CT molecular complexity index is 349. The zero-order chi connectivity index (χ0) is 12.7. The van der Waals surface area contributed by atoms with Gasteiger partial charge in [-0.15, -0.1) is 11.3 Å². The van der Waals surface area contributed by atoms with Gasteiger partial charge in [0, 0.05) is 17.5 Å². The molecule has 4 heteroatoms. The topological polar surface area (TPSA) is 56.0 Å². The summed E-state index contributed by atoms with van der Waals surface area (Å²) >= 11 is 1.58. The third-order valence-corrected chi connectivity index (χ3v) is 3.97. The summed E-state index contributed by atoms with van der Waals surface area (Å²) < 4.78 is 0. The van der Waals surface area contributed by atoms with Gasteiger partial charge in [-0.05, 0) is 32.2 Å². The van der Waals surface area contributed by atoms with Crippen molar-refractivity contribution in [1.29, 1.82) is 0 Å². The van der Waals surface area contributed by atoms with E-state index in [2.05, 4.69) is 11.9 Å². The molecule has 0 aliphatic rings. The van der Waals surface area contributed by atoms with E-state index < -0.39 is 0 Å². The molecule has 1 aromatic rings. The molecule has 1 heterocycles. The Morgan fingerprint density at radius 2 is 2.29 bits per heavy atom. The third-order valence-electron chi connectivity index (χ3n) is 3.00. The number of carbonyl (C=O) groups is 1. The van der Waals surface area contributed by atoms with Crippen LogP contribution in [-0.4, -0.2) is 17.3 Å². The first-order chi connectivity index (χ1) is 8.15. The Morgan fingerprint density at radius 1 is 1.53 bits per heavy atom. The molecule has 96 valence electrons. The second kappa shape index (κ2) is 7.56. The molecular weight excluding hydrogens is 232 g/mol. The highest BCUT2D eigenvalue weighted by Gasteiger charge is 2.11. The SMILES string of the molecule is CCC(CCN)CCC(=O)Cc1nc(C)cs1. The van der Waals surface area contributed by atoms with E-state index in [0.29, 0.717) is 24.5 Å². The van der Waals surface area contributed by atoms with Crippen LogP contribution in [0.5, 0.6) is 0 Å². The molecule has 0 amide bonds. The first-order valence-electron chi connectivity index (χ1n) is 6.28. The second-order valence-corrected chi connectivity index (χ2v) is 5.43. The predicted octanol–water partition coefficient (Wildman–Crippen LogP) is 2.72. The maximum atomic E-state index is 11.8. The standard InChI is InChI=1S/C13H22N2OS/c1-3-11(6-7-14)4-5-12(16)8-13-15-10(2)9-17-13/h9,11H,3-8,14H2,1-2H3. The van der Waals surface area contributed by atoms with Crippen LogP contribution >= 0.6 is 11.3 Å². The van der Waals surface area contributed by atoms with Crippen molar-refractivity contribution in [2.75, 3.05) is 6.54 Å². The Hall–Kier alpha value is -0.740. The van der Waals surface area contributed by atoms with Gasteiger partial charge >= 0.3 is 0 Å². The average Bonchev–Trinajstić information content (AvgIpc) is 2.70. The molecule has 0 aliphatic carbocycles. The van der Waals surface area contributed by atoms with Crippen LogP contribution in [0.4, 0.5) is 0 Å². The maximum absolute atomic E-state index is 11.8. The molecular formula is C13H22N2OS. The third kappa shape index (κ3) is 5.41. The van der Waals surface area contributed by atoms with Crippen LogP contribution < -0.4 is 5.73 Å². The molecule has 1 unspecified atom stereocenters. The predicted molar refractivity (Wildman–Crippen MR) is 72.2 cm³/mol. The zero-order valence-electron chi connectivity index (χ0n) is 10.7. The largest absolute Gasteiger partial charge is 0.330 e. The minimum absolute atomic E-state index is 0.301. The smallest absolute Gasteiger partial charge is 0.139 e. The minimum atomic E-state index is 0.301. The number of carbonyl (C=O) groups excluding carboxylic acids is 1. The van der Waals surface area contributed by atoms with Crippen molar-refractivity contribution in [2.45, 2.75) is 46.0 Å². The summed E-state index contributed by atoms with van der Waals surface area (Å²) in [4.78, 5) is 16.1. The van der Waals surface area contributed by atoms with Gasteiger partial charge in [-0.2, -0.15) is 0 Å². The van der Waals surface area contributed by atoms with Crippen molar-refractivity contribution in [3.05, 3.63) is 16.1 Å². The molecule has 0 fully saturated rings. The van der Waals surface area contributed by atoms with Crippen LogP contribution in [0.15, 0.2) is 5.38 Å². The zero-order valence-corrected chi connectivity index (χ0v) is 11.6. The van der Waals surface area contributed by atoms with Gasteiger partial charge in [-0.25, -0.2) is 4.98 Å². The Morgan fingerprint density at radius 3 is 2.82 bits per heavy atom. The van der Waals surface area contributed by atoms with Gasteiger partial charge in [-0.3, -0.25) is 4.79 Å². The summed E-state index contributed by atoms with van der Waals surface area (Å²) in [6.45, 7) is 4.84. The Balaban J connectivity index is 2.29. The van der Waals surface area contributed by atoms with Gasteiger partial charge in [-0.1, -0.05) is 13.3 Å². The lowest BCUT2D eigenvalue weighted by atomic mass is 9.95. The summed E-state index contributed by atoms with van der Waals surface area (Å²) in [5.41, 5.74) is 6.55. The number of ketones is 1. The van der Waals surface area contributed by atoms with E-state index in [0.717, 1.165) is 36.5 Å². The fraction of sp³-hybridized carbons (Fsp3) is 0.692. The van der Waals surface area contributed by atoms with Crippen molar-refractivity contribution in [2.24, 2.45) is 11.7 Å². The van der Waals surface area contributed by atoms with Crippen molar-refractivity contribution < 1.29 is 4.79 Å². The fourth-order valence-electron chi connectivity index (χ4n) is 1.89. The number of hydrogen-bond acceptors (Lipinski definition) is 4. The monoisotopic (exact) mass is 254 g/mol.